The van der Waals surface area contributed by atoms with Crippen molar-refractivity contribution in [2.75, 3.05) is 47.5 Å². The Balaban J connectivity index is 4.17. The van der Waals surface area contributed by atoms with Crippen LogP contribution in [0.25, 0.3) is 0 Å². The minimum Gasteiger partial charge on any atom is -0.756 e. The molecule has 9 nitrogen and oxygen atoms in total. The molecule has 0 fully saturated rings. The smallest absolute Gasteiger partial charge is 0.306 e. The van der Waals surface area contributed by atoms with Gasteiger partial charge in [0.25, 0.3) is 7.82 Å². The topological polar surface area (TPSA) is 111 Å². The first-order chi connectivity index (χ1) is 48.0. The first-order valence-corrected chi connectivity index (χ1v) is 39.6. The van der Waals surface area contributed by atoms with Gasteiger partial charge < -0.3 is 27.9 Å². The van der Waals surface area contributed by atoms with E-state index in [2.05, 4.69) is 245 Å². The van der Waals surface area contributed by atoms with Crippen molar-refractivity contribution in [1.82, 2.24) is 0 Å². The van der Waals surface area contributed by atoms with Gasteiger partial charge in [0.15, 0.2) is 6.10 Å². The Labute approximate surface area is 600 Å². The molecule has 0 aliphatic rings. The van der Waals surface area contributed by atoms with E-state index in [1.54, 1.807) is 0 Å². The molecule has 0 bridgehead atoms. The summed E-state index contributed by atoms with van der Waals surface area (Å²) < 4.78 is 34.3. The van der Waals surface area contributed by atoms with Crippen LogP contribution in [0.3, 0.4) is 0 Å². The number of phosphoric ester groups is 1. The van der Waals surface area contributed by atoms with Gasteiger partial charge in [-0.1, -0.05) is 315 Å². The van der Waals surface area contributed by atoms with Crippen molar-refractivity contribution in [2.45, 2.75) is 264 Å². The van der Waals surface area contributed by atoms with Crippen LogP contribution in [-0.4, -0.2) is 70.0 Å². The van der Waals surface area contributed by atoms with Gasteiger partial charge in [0.05, 0.1) is 27.7 Å². The van der Waals surface area contributed by atoms with Crippen LogP contribution in [-0.2, 0) is 32.7 Å². The molecule has 0 aromatic rings. The predicted molar refractivity (Wildman–Crippen MR) is 424 cm³/mol. The summed E-state index contributed by atoms with van der Waals surface area (Å²) in [5.41, 5.74) is 0. The first-order valence-electron chi connectivity index (χ1n) is 38.1. The molecule has 548 valence electrons. The average Bonchev–Trinajstić information content (AvgIpc) is 1.08. The SMILES string of the molecule is CC/C=C\C/C=C\C/C=C\C/C=C\C/C=C\C/C=C\C/C=C\C/C=C\C/C=C\C/C=C\C/C=C\CCCCCCCCCC(=O)OC(COC(=O)CCCCCCCCCC/C=C\C/C=C\C/C=C\C/C=C\C/C=C\C/C=C\C/C=C\C/C=C\CC)COP(=O)([O-])OCC[N+](C)(C)C. The fraction of sp³-hybridized carbons (Fsp3) is 0.545. The Morgan fingerprint density at radius 1 is 0.316 bits per heavy atom. The summed E-state index contributed by atoms with van der Waals surface area (Å²) in [5, 5.41) is 0. The molecule has 0 aliphatic carbocycles. The highest BCUT2D eigenvalue weighted by Crippen LogP contribution is 2.38. The van der Waals surface area contributed by atoms with E-state index in [4.69, 9.17) is 18.5 Å². The normalized spacial score (nSPS) is 14.4. The number of allylic oxidation sites excluding steroid dienone is 38. The molecule has 0 aromatic carbocycles. The lowest BCUT2D eigenvalue weighted by atomic mass is 10.1. The summed E-state index contributed by atoms with van der Waals surface area (Å²) in [4.78, 5) is 38.2. The molecule has 0 saturated carbocycles. The molecule has 0 aromatic heterocycles. The van der Waals surface area contributed by atoms with E-state index in [0.717, 1.165) is 180 Å². The van der Waals surface area contributed by atoms with E-state index < -0.39 is 32.5 Å². The molecule has 0 aliphatic heterocycles. The lowest BCUT2D eigenvalue weighted by Gasteiger charge is -2.28. The molecule has 2 unspecified atom stereocenters. The minimum absolute atomic E-state index is 0.0472. The largest absolute Gasteiger partial charge is 0.756 e. The Morgan fingerprint density at radius 3 is 0.816 bits per heavy atom. The number of phosphoric acid groups is 1. The van der Waals surface area contributed by atoms with E-state index in [-0.39, 0.29) is 26.1 Å². The summed E-state index contributed by atoms with van der Waals surface area (Å²) in [6, 6.07) is 0. The van der Waals surface area contributed by atoms with E-state index in [9.17, 15) is 19.0 Å². The van der Waals surface area contributed by atoms with Crippen LogP contribution in [0, 0.1) is 0 Å². The predicted octanol–water partition coefficient (Wildman–Crippen LogP) is 25.1. The molecule has 0 rings (SSSR count). The third-order valence-electron chi connectivity index (χ3n) is 15.2. The van der Waals surface area contributed by atoms with Gasteiger partial charge in [0.1, 0.15) is 19.8 Å². The van der Waals surface area contributed by atoms with Crippen LogP contribution in [0.2, 0.25) is 0 Å². The Hall–Kier alpha value is -5.93. The molecule has 0 radical (unpaired) electrons. The number of likely N-dealkylation sites (N-methyl/N-ethyl adjacent to an activating group) is 1. The molecule has 0 saturated heterocycles. The van der Waals surface area contributed by atoms with Gasteiger partial charge in [-0.2, -0.15) is 0 Å². The molecule has 10 heteroatoms. The van der Waals surface area contributed by atoms with Crippen LogP contribution >= 0.6 is 7.82 Å². The fourth-order valence-electron chi connectivity index (χ4n) is 9.44. The maximum atomic E-state index is 12.9. The highest BCUT2D eigenvalue weighted by Gasteiger charge is 2.22. The van der Waals surface area contributed by atoms with Gasteiger partial charge in [-0.25, -0.2) is 0 Å². The van der Waals surface area contributed by atoms with Crippen molar-refractivity contribution in [3.05, 3.63) is 231 Å². The maximum Gasteiger partial charge on any atom is 0.306 e. The van der Waals surface area contributed by atoms with Gasteiger partial charge in [-0.15, -0.1) is 0 Å². The quantitative estimate of drug-likeness (QED) is 0.0195. The van der Waals surface area contributed by atoms with E-state index in [1.165, 1.54) is 38.5 Å². The van der Waals surface area contributed by atoms with Gasteiger partial charge in [0, 0.05) is 12.8 Å². The number of unbranched alkanes of at least 4 members (excludes halogenated alkanes) is 15. The highest BCUT2D eigenvalue weighted by atomic mass is 31.2. The number of esters is 2. The Kier molecular flexibility index (Phi) is 70.7. The molecule has 0 heterocycles. The monoisotopic (exact) mass is 1370 g/mol. The zero-order chi connectivity index (χ0) is 71.1. The summed E-state index contributed by atoms with van der Waals surface area (Å²) >= 11 is 0. The van der Waals surface area contributed by atoms with Gasteiger partial charge in [0.2, 0.25) is 0 Å². The van der Waals surface area contributed by atoms with E-state index in [0.29, 0.717) is 23.9 Å². The molecule has 0 spiro atoms. The standard InChI is InChI=1S/C88H138NO8P/c1-6-8-10-12-14-16-18-20-22-24-26-28-30-32-34-36-38-40-41-42-43-44-45-46-47-49-51-53-55-57-59-61-63-65-67-69-71-73-75-77-79-81-88(91)97-86(85-96-98(92,93)95-83-82-89(3,4)5)84-94-87(90)80-78-76-74-72-70-68-66-64-62-60-58-56-54-52-50-48-39-37-35-33-31-29-27-25-23-21-19-17-15-13-11-9-7-2/h8-11,14-17,20-23,26-29,32-35,38-40,42-43,45-46,48-49,51-52,54-55,57-58,60-61,63,86H,6-7,12-13,18-19,24-25,30-31,36-37,41,44,47,50,53,56,59,62,64-85H2,1-5H3/b10-8-,11-9-,16-14-,17-15-,22-20-,23-21-,28-26-,29-27-,34-32-,35-33-,40-38-,43-42-,46-45-,48-39-,51-49-,54-52-,57-55-,60-58-,63-61-. The number of ether oxygens (including phenoxy) is 2. The van der Waals surface area contributed by atoms with Gasteiger partial charge in [-0.3, -0.25) is 14.2 Å². The second kappa shape index (κ2) is 75.3. The Morgan fingerprint density at radius 2 is 0.551 bits per heavy atom. The van der Waals surface area contributed by atoms with E-state index >= 15 is 0 Å². The zero-order valence-corrected chi connectivity index (χ0v) is 63.3. The first kappa shape index (κ1) is 92.1. The number of hydrogen-bond acceptors (Lipinski definition) is 8. The molecule has 0 N–H and O–H groups in total. The third kappa shape index (κ3) is 79.1. The molecular weight excluding hydrogens is 1230 g/mol. The lowest BCUT2D eigenvalue weighted by Crippen LogP contribution is -2.37. The fourth-order valence-corrected chi connectivity index (χ4v) is 10.2. The number of quaternary nitrogens is 1. The van der Waals surface area contributed by atoms with Crippen LogP contribution in [0.4, 0.5) is 0 Å². The van der Waals surface area contributed by atoms with Gasteiger partial charge in [-0.05, 0) is 161 Å². The summed E-state index contributed by atoms with van der Waals surface area (Å²) in [5.74, 6) is -0.872. The lowest BCUT2D eigenvalue weighted by molar-refractivity contribution is -0.870. The number of carbonyl (C=O) groups excluding carboxylic acids is 2. The van der Waals surface area contributed by atoms with Crippen molar-refractivity contribution in [1.29, 1.82) is 0 Å². The van der Waals surface area contributed by atoms with Gasteiger partial charge >= 0.3 is 11.9 Å². The van der Waals surface area contributed by atoms with Crippen LogP contribution in [0.15, 0.2) is 231 Å². The molecule has 98 heavy (non-hydrogen) atoms. The highest BCUT2D eigenvalue weighted by molar-refractivity contribution is 7.45. The number of hydrogen-bond donors (Lipinski definition) is 0. The van der Waals surface area contributed by atoms with Crippen LogP contribution < -0.4 is 4.89 Å². The van der Waals surface area contributed by atoms with Crippen LogP contribution in [0.1, 0.15) is 258 Å². The second-order valence-corrected chi connectivity index (χ2v) is 27.0. The van der Waals surface area contributed by atoms with Crippen molar-refractivity contribution < 1.29 is 42.1 Å². The molecule has 2 atom stereocenters. The summed E-state index contributed by atoms with van der Waals surface area (Å²) in [6.45, 7) is 3.96. The number of nitrogens with zero attached hydrogens (tertiary/aromatic N) is 1. The maximum absolute atomic E-state index is 12.9. The van der Waals surface area contributed by atoms with E-state index in [1.807, 2.05) is 21.1 Å². The second-order valence-electron chi connectivity index (χ2n) is 25.5. The summed E-state index contributed by atoms with van der Waals surface area (Å²) in [7, 11) is 1.12. The van der Waals surface area contributed by atoms with Crippen molar-refractivity contribution in [3.8, 4) is 0 Å². The average molecular weight is 1370 g/mol. The number of rotatable bonds is 67. The Bertz CT molecular complexity index is 2510. The number of carbonyl (C=O) groups is 2. The zero-order valence-electron chi connectivity index (χ0n) is 62.4. The molecule has 0 amide bonds. The van der Waals surface area contributed by atoms with Crippen molar-refractivity contribution in [3.63, 3.8) is 0 Å². The molecular formula is C88H138NO8P. The third-order valence-corrected chi connectivity index (χ3v) is 16.1. The van der Waals surface area contributed by atoms with Crippen LogP contribution in [0.5, 0.6) is 0 Å². The summed E-state index contributed by atoms with van der Waals surface area (Å²) in [6.07, 6.45) is 121. The van der Waals surface area contributed by atoms with Crippen molar-refractivity contribution >= 4 is 19.8 Å². The minimum atomic E-state index is -4.67. The van der Waals surface area contributed by atoms with Crippen molar-refractivity contribution in [2.24, 2.45) is 0 Å².